The second-order valence-corrected chi connectivity index (χ2v) is 5.83. The molecule has 0 unspecified atom stereocenters. The number of aliphatic hydroxyl groups is 1. The lowest BCUT2D eigenvalue weighted by Crippen LogP contribution is -2.24. The summed E-state index contributed by atoms with van der Waals surface area (Å²) in [5, 5.41) is 9.50. The monoisotopic (exact) mass is 329 g/mol. The molecule has 130 valence electrons. The highest BCUT2D eigenvalue weighted by Gasteiger charge is 2.11. The Bertz CT molecular complexity index is 643. The van der Waals surface area contributed by atoms with Crippen molar-refractivity contribution in [1.82, 2.24) is 4.90 Å². The van der Waals surface area contributed by atoms with Crippen LogP contribution in [0, 0.1) is 0 Å². The van der Waals surface area contributed by atoms with Gasteiger partial charge in [0.15, 0.2) is 0 Å². The molecule has 2 aromatic carbocycles. The molecule has 1 N–H and O–H groups in total. The van der Waals surface area contributed by atoms with E-state index in [1.54, 1.807) is 14.2 Å². The van der Waals surface area contributed by atoms with Gasteiger partial charge in [-0.05, 0) is 36.7 Å². The number of para-hydroxylation sites is 1. The average molecular weight is 329 g/mol. The molecule has 0 heterocycles. The summed E-state index contributed by atoms with van der Waals surface area (Å²) in [5.74, 6) is 1.65. The molecule has 0 aliphatic carbocycles. The number of benzene rings is 2. The van der Waals surface area contributed by atoms with Gasteiger partial charge in [-0.2, -0.15) is 0 Å². The Labute approximate surface area is 144 Å². The molecule has 0 saturated carbocycles. The van der Waals surface area contributed by atoms with Crippen LogP contribution >= 0.6 is 0 Å². The van der Waals surface area contributed by atoms with Crippen molar-refractivity contribution < 1.29 is 14.6 Å². The SMILES string of the molecule is CCCN(Cc1ccc(OC)c(CO)c1)Cc1ccccc1OC. The zero-order valence-electron chi connectivity index (χ0n) is 14.8. The summed E-state index contributed by atoms with van der Waals surface area (Å²) >= 11 is 0. The van der Waals surface area contributed by atoms with Gasteiger partial charge < -0.3 is 14.6 Å². The van der Waals surface area contributed by atoms with E-state index in [0.29, 0.717) is 0 Å². The molecular weight excluding hydrogens is 302 g/mol. The summed E-state index contributed by atoms with van der Waals surface area (Å²) in [6.45, 7) is 4.82. The zero-order valence-corrected chi connectivity index (χ0v) is 14.8. The third-order valence-electron chi connectivity index (χ3n) is 4.05. The Morgan fingerprint density at radius 3 is 2.29 bits per heavy atom. The second-order valence-electron chi connectivity index (χ2n) is 5.83. The van der Waals surface area contributed by atoms with Crippen molar-refractivity contribution in [3.8, 4) is 11.5 Å². The first-order chi connectivity index (χ1) is 11.7. The lowest BCUT2D eigenvalue weighted by Gasteiger charge is -2.23. The topological polar surface area (TPSA) is 41.9 Å². The first-order valence-electron chi connectivity index (χ1n) is 8.32. The number of methoxy groups -OCH3 is 2. The highest BCUT2D eigenvalue weighted by atomic mass is 16.5. The minimum absolute atomic E-state index is 0.0166. The fraction of sp³-hybridized carbons (Fsp3) is 0.400. The number of ether oxygens (including phenoxy) is 2. The van der Waals surface area contributed by atoms with Crippen LogP contribution in [0.2, 0.25) is 0 Å². The molecule has 0 radical (unpaired) electrons. The van der Waals surface area contributed by atoms with E-state index >= 15 is 0 Å². The van der Waals surface area contributed by atoms with Crippen LogP contribution < -0.4 is 9.47 Å². The van der Waals surface area contributed by atoms with Gasteiger partial charge in [0, 0.05) is 24.2 Å². The molecule has 0 aliphatic rings. The quantitative estimate of drug-likeness (QED) is 0.763. The standard InChI is InChI=1S/C20H27NO3/c1-4-11-21(14-17-7-5-6-8-19(17)23-2)13-16-9-10-20(24-3)18(12-16)15-22/h5-10,12,22H,4,11,13-15H2,1-3H3. The van der Waals surface area contributed by atoms with Gasteiger partial charge in [0.05, 0.1) is 20.8 Å². The van der Waals surface area contributed by atoms with E-state index in [2.05, 4.69) is 24.0 Å². The van der Waals surface area contributed by atoms with Gasteiger partial charge in [-0.15, -0.1) is 0 Å². The molecule has 4 heteroatoms. The molecule has 0 fully saturated rings. The summed E-state index contributed by atoms with van der Waals surface area (Å²) in [6, 6.07) is 14.1. The van der Waals surface area contributed by atoms with E-state index in [1.807, 2.05) is 30.3 Å². The van der Waals surface area contributed by atoms with Gasteiger partial charge in [-0.3, -0.25) is 4.90 Å². The molecule has 0 aliphatic heterocycles. The summed E-state index contributed by atoms with van der Waals surface area (Å²) < 4.78 is 10.7. The van der Waals surface area contributed by atoms with Crippen LogP contribution in [0.3, 0.4) is 0 Å². The number of hydrogen-bond acceptors (Lipinski definition) is 4. The van der Waals surface area contributed by atoms with Gasteiger partial charge in [-0.1, -0.05) is 31.2 Å². The Morgan fingerprint density at radius 1 is 0.917 bits per heavy atom. The fourth-order valence-electron chi connectivity index (χ4n) is 2.92. The predicted octanol–water partition coefficient (Wildman–Crippen LogP) is 3.61. The second kappa shape index (κ2) is 9.30. The largest absolute Gasteiger partial charge is 0.496 e. The van der Waals surface area contributed by atoms with Crippen LogP contribution in [0.4, 0.5) is 0 Å². The lowest BCUT2D eigenvalue weighted by molar-refractivity contribution is 0.251. The van der Waals surface area contributed by atoms with Gasteiger partial charge in [0.1, 0.15) is 11.5 Å². The van der Waals surface area contributed by atoms with Gasteiger partial charge in [0.2, 0.25) is 0 Å². The first-order valence-corrected chi connectivity index (χ1v) is 8.32. The van der Waals surface area contributed by atoms with Crippen LogP contribution in [0.15, 0.2) is 42.5 Å². The average Bonchev–Trinajstić information content (AvgIpc) is 2.62. The van der Waals surface area contributed by atoms with Crippen LogP contribution in [-0.4, -0.2) is 30.8 Å². The van der Waals surface area contributed by atoms with Crippen molar-refractivity contribution in [3.05, 3.63) is 59.2 Å². The maximum Gasteiger partial charge on any atom is 0.124 e. The molecule has 2 aromatic rings. The van der Waals surface area contributed by atoms with Crippen molar-refractivity contribution in [2.45, 2.75) is 33.0 Å². The number of aliphatic hydroxyl groups excluding tert-OH is 1. The van der Waals surface area contributed by atoms with E-state index in [1.165, 1.54) is 11.1 Å². The van der Waals surface area contributed by atoms with Crippen LogP contribution in [0.25, 0.3) is 0 Å². The van der Waals surface area contributed by atoms with Crippen molar-refractivity contribution >= 4 is 0 Å². The molecule has 0 saturated heterocycles. The smallest absolute Gasteiger partial charge is 0.124 e. The third-order valence-corrected chi connectivity index (χ3v) is 4.05. The molecule has 0 aromatic heterocycles. The summed E-state index contributed by atoms with van der Waals surface area (Å²) in [5.41, 5.74) is 3.18. The van der Waals surface area contributed by atoms with Crippen molar-refractivity contribution in [1.29, 1.82) is 0 Å². The Morgan fingerprint density at radius 2 is 1.62 bits per heavy atom. The summed E-state index contributed by atoms with van der Waals surface area (Å²) in [6.07, 6.45) is 1.08. The molecule has 24 heavy (non-hydrogen) atoms. The molecular formula is C20H27NO3. The molecule has 0 bridgehead atoms. The number of rotatable bonds is 9. The minimum atomic E-state index is -0.0166. The molecule has 0 atom stereocenters. The molecule has 0 spiro atoms. The Kier molecular flexibility index (Phi) is 7.09. The maximum absolute atomic E-state index is 9.50. The zero-order chi connectivity index (χ0) is 17.4. The third kappa shape index (κ3) is 4.73. The number of nitrogens with zero attached hydrogens (tertiary/aromatic N) is 1. The van der Waals surface area contributed by atoms with E-state index in [4.69, 9.17) is 9.47 Å². The first kappa shape index (κ1) is 18.3. The van der Waals surface area contributed by atoms with E-state index in [-0.39, 0.29) is 6.61 Å². The lowest BCUT2D eigenvalue weighted by atomic mass is 10.1. The maximum atomic E-state index is 9.50. The molecule has 0 amide bonds. The van der Waals surface area contributed by atoms with Gasteiger partial charge in [-0.25, -0.2) is 0 Å². The van der Waals surface area contributed by atoms with Crippen LogP contribution in [0.1, 0.15) is 30.0 Å². The van der Waals surface area contributed by atoms with E-state index < -0.39 is 0 Å². The summed E-state index contributed by atoms with van der Waals surface area (Å²) in [4.78, 5) is 2.39. The van der Waals surface area contributed by atoms with Crippen molar-refractivity contribution in [2.24, 2.45) is 0 Å². The predicted molar refractivity (Wildman–Crippen MR) is 96.3 cm³/mol. The van der Waals surface area contributed by atoms with Crippen molar-refractivity contribution in [3.63, 3.8) is 0 Å². The van der Waals surface area contributed by atoms with E-state index in [9.17, 15) is 5.11 Å². The van der Waals surface area contributed by atoms with Gasteiger partial charge in [0.25, 0.3) is 0 Å². The molecule has 4 nitrogen and oxygen atoms in total. The normalized spacial score (nSPS) is 10.9. The molecule has 2 rings (SSSR count). The summed E-state index contributed by atoms with van der Waals surface area (Å²) in [7, 11) is 3.33. The highest BCUT2D eigenvalue weighted by Crippen LogP contribution is 2.23. The van der Waals surface area contributed by atoms with Crippen LogP contribution in [0.5, 0.6) is 11.5 Å². The fourth-order valence-corrected chi connectivity index (χ4v) is 2.92. The van der Waals surface area contributed by atoms with Gasteiger partial charge >= 0.3 is 0 Å². The van der Waals surface area contributed by atoms with Crippen LogP contribution in [-0.2, 0) is 19.7 Å². The Balaban J connectivity index is 2.16. The van der Waals surface area contributed by atoms with E-state index in [0.717, 1.165) is 43.1 Å². The number of hydrogen-bond donors (Lipinski definition) is 1. The highest BCUT2D eigenvalue weighted by molar-refractivity contribution is 5.37. The Hall–Kier alpha value is -2.04. The minimum Gasteiger partial charge on any atom is -0.496 e. The van der Waals surface area contributed by atoms with Crippen molar-refractivity contribution in [2.75, 3.05) is 20.8 Å².